The quantitative estimate of drug-likeness (QED) is 0.678. The number of benzene rings is 1. The number of aliphatic carboxylic acids is 1. The summed E-state index contributed by atoms with van der Waals surface area (Å²) in [5.74, 6) is -0.958. The van der Waals surface area contributed by atoms with Crippen molar-refractivity contribution in [3.05, 3.63) is 46.5 Å². The molecule has 1 aliphatic heterocycles. The summed E-state index contributed by atoms with van der Waals surface area (Å²) >= 11 is 5.98. The van der Waals surface area contributed by atoms with Crippen LogP contribution >= 0.6 is 11.6 Å². The molecule has 1 N–H and O–H groups in total. The van der Waals surface area contributed by atoms with E-state index in [-0.39, 0.29) is 0 Å². The maximum absolute atomic E-state index is 10.6. The van der Waals surface area contributed by atoms with Gasteiger partial charge in [-0.05, 0) is 43.2 Å². The number of nitrogens with zero attached hydrogens (tertiary/aromatic N) is 1. The van der Waals surface area contributed by atoms with E-state index in [1.54, 1.807) is 12.1 Å². The van der Waals surface area contributed by atoms with E-state index in [2.05, 4.69) is 17.9 Å². The zero-order chi connectivity index (χ0) is 13.8. The van der Waals surface area contributed by atoms with Crippen molar-refractivity contribution in [2.45, 2.75) is 13.3 Å². The van der Waals surface area contributed by atoms with E-state index in [0.717, 1.165) is 36.8 Å². The second kappa shape index (κ2) is 5.93. The second-order valence-electron chi connectivity index (χ2n) is 4.62. The minimum absolute atomic E-state index is 0.609. The van der Waals surface area contributed by atoms with Crippen LogP contribution in [0.5, 0.6) is 0 Å². The normalized spacial score (nSPS) is 15.7. The first-order valence-electron chi connectivity index (χ1n) is 6.17. The van der Waals surface area contributed by atoms with Crippen LogP contribution in [0.2, 0.25) is 5.02 Å². The summed E-state index contributed by atoms with van der Waals surface area (Å²) in [7, 11) is 0. The molecule has 0 bridgehead atoms. The van der Waals surface area contributed by atoms with Crippen molar-refractivity contribution in [2.75, 3.05) is 18.0 Å². The molecule has 3 nitrogen and oxygen atoms in total. The SMILES string of the molecule is CC1=CCN(c2ccc(Cl)cc2/C=C/C(=O)O)CC1. The Morgan fingerprint density at radius 3 is 2.89 bits per heavy atom. The van der Waals surface area contributed by atoms with Crippen LogP contribution < -0.4 is 4.90 Å². The number of carboxylic acids is 1. The molecular weight excluding hydrogens is 262 g/mol. The van der Waals surface area contributed by atoms with Gasteiger partial charge in [-0.25, -0.2) is 4.79 Å². The van der Waals surface area contributed by atoms with Gasteiger partial charge in [0.05, 0.1) is 0 Å². The zero-order valence-electron chi connectivity index (χ0n) is 10.8. The van der Waals surface area contributed by atoms with Gasteiger partial charge >= 0.3 is 5.97 Å². The Bertz CT molecular complexity index is 549. The van der Waals surface area contributed by atoms with Gasteiger partial charge in [0.15, 0.2) is 0 Å². The number of hydrogen-bond acceptors (Lipinski definition) is 2. The summed E-state index contributed by atoms with van der Waals surface area (Å²) in [6, 6.07) is 5.57. The molecule has 0 aromatic heterocycles. The number of halogens is 1. The predicted molar refractivity (Wildman–Crippen MR) is 78.7 cm³/mol. The lowest BCUT2D eigenvalue weighted by atomic mass is 10.1. The predicted octanol–water partition coefficient (Wildman–Crippen LogP) is 3.59. The third kappa shape index (κ3) is 3.61. The van der Waals surface area contributed by atoms with E-state index in [1.807, 2.05) is 12.1 Å². The molecule has 0 spiro atoms. The highest BCUT2D eigenvalue weighted by Gasteiger charge is 2.13. The largest absolute Gasteiger partial charge is 0.478 e. The molecule has 1 aliphatic rings. The van der Waals surface area contributed by atoms with E-state index >= 15 is 0 Å². The summed E-state index contributed by atoms with van der Waals surface area (Å²) < 4.78 is 0. The van der Waals surface area contributed by atoms with Crippen LogP contribution in [-0.4, -0.2) is 24.2 Å². The van der Waals surface area contributed by atoms with Crippen LogP contribution in [0.3, 0.4) is 0 Å². The van der Waals surface area contributed by atoms with Crippen molar-refractivity contribution in [1.29, 1.82) is 0 Å². The summed E-state index contributed by atoms with van der Waals surface area (Å²) in [4.78, 5) is 12.9. The number of anilines is 1. The Labute approximate surface area is 117 Å². The first-order chi connectivity index (χ1) is 9.06. The third-order valence-corrected chi connectivity index (χ3v) is 3.41. The van der Waals surface area contributed by atoms with Gasteiger partial charge in [-0.2, -0.15) is 0 Å². The average Bonchev–Trinajstić information content (AvgIpc) is 2.38. The molecule has 0 atom stereocenters. The lowest BCUT2D eigenvalue weighted by molar-refractivity contribution is -0.131. The molecule has 0 saturated heterocycles. The zero-order valence-corrected chi connectivity index (χ0v) is 11.5. The van der Waals surface area contributed by atoms with Crippen molar-refractivity contribution in [2.24, 2.45) is 0 Å². The lowest BCUT2D eigenvalue weighted by Gasteiger charge is -2.29. The van der Waals surface area contributed by atoms with E-state index in [4.69, 9.17) is 16.7 Å². The smallest absolute Gasteiger partial charge is 0.328 e. The van der Waals surface area contributed by atoms with Gasteiger partial charge in [0.2, 0.25) is 0 Å². The van der Waals surface area contributed by atoms with Crippen LogP contribution in [0.15, 0.2) is 35.9 Å². The first-order valence-corrected chi connectivity index (χ1v) is 6.55. The fourth-order valence-corrected chi connectivity index (χ4v) is 2.28. The van der Waals surface area contributed by atoms with E-state index in [0.29, 0.717) is 5.02 Å². The molecule has 0 amide bonds. The average molecular weight is 278 g/mol. The minimum atomic E-state index is -0.958. The van der Waals surface area contributed by atoms with Gasteiger partial charge in [-0.1, -0.05) is 23.3 Å². The van der Waals surface area contributed by atoms with Gasteiger partial charge < -0.3 is 10.0 Å². The summed E-state index contributed by atoms with van der Waals surface area (Å²) in [5.41, 5.74) is 3.25. The van der Waals surface area contributed by atoms with E-state index < -0.39 is 5.97 Å². The molecular formula is C15H16ClNO2. The molecule has 4 heteroatoms. The van der Waals surface area contributed by atoms with Crippen LogP contribution in [0.25, 0.3) is 6.08 Å². The van der Waals surface area contributed by atoms with Gasteiger partial charge in [0.1, 0.15) is 0 Å². The molecule has 0 aliphatic carbocycles. The highest BCUT2D eigenvalue weighted by Crippen LogP contribution is 2.27. The van der Waals surface area contributed by atoms with Gasteiger partial charge in [-0.3, -0.25) is 0 Å². The van der Waals surface area contributed by atoms with E-state index in [9.17, 15) is 4.79 Å². The monoisotopic (exact) mass is 277 g/mol. The number of hydrogen-bond donors (Lipinski definition) is 1. The van der Waals surface area contributed by atoms with E-state index in [1.165, 1.54) is 5.57 Å². The summed E-state index contributed by atoms with van der Waals surface area (Å²) in [6.07, 6.45) is 5.96. The van der Waals surface area contributed by atoms with Gasteiger partial charge in [0, 0.05) is 29.9 Å². The number of rotatable bonds is 3. The first kappa shape index (κ1) is 13.7. The maximum Gasteiger partial charge on any atom is 0.328 e. The number of carboxylic acid groups (broad SMARTS) is 1. The Morgan fingerprint density at radius 2 is 2.26 bits per heavy atom. The Morgan fingerprint density at radius 1 is 1.47 bits per heavy atom. The van der Waals surface area contributed by atoms with Gasteiger partial charge in [-0.15, -0.1) is 0 Å². The van der Waals surface area contributed by atoms with Crippen LogP contribution in [0.1, 0.15) is 18.9 Å². The Kier molecular flexibility index (Phi) is 4.27. The van der Waals surface area contributed by atoms with Crippen molar-refractivity contribution in [3.8, 4) is 0 Å². The van der Waals surface area contributed by atoms with Crippen molar-refractivity contribution < 1.29 is 9.90 Å². The molecule has 0 saturated carbocycles. The topological polar surface area (TPSA) is 40.5 Å². The summed E-state index contributed by atoms with van der Waals surface area (Å²) in [5, 5.41) is 9.35. The fourth-order valence-electron chi connectivity index (χ4n) is 2.10. The summed E-state index contributed by atoms with van der Waals surface area (Å²) in [6.45, 7) is 3.92. The molecule has 1 heterocycles. The van der Waals surface area contributed by atoms with Crippen molar-refractivity contribution >= 4 is 29.3 Å². The standard InChI is InChI=1S/C15H16ClNO2/c1-11-6-8-17(9-7-11)14-4-3-13(16)10-12(14)2-5-15(18)19/h2-6,10H,7-9H2,1H3,(H,18,19)/b5-2+. The van der Waals surface area contributed by atoms with Crippen molar-refractivity contribution in [1.82, 2.24) is 0 Å². The Hall–Kier alpha value is -1.74. The molecule has 0 unspecified atom stereocenters. The molecule has 1 aromatic carbocycles. The lowest BCUT2D eigenvalue weighted by Crippen LogP contribution is -2.28. The maximum atomic E-state index is 10.6. The van der Waals surface area contributed by atoms with Crippen molar-refractivity contribution in [3.63, 3.8) is 0 Å². The van der Waals surface area contributed by atoms with Crippen LogP contribution in [0.4, 0.5) is 5.69 Å². The molecule has 0 radical (unpaired) electrons. The molecule has 19 heavy (non-hydrogen) atoms. The molecule has 2 rings (SSSR count). The molecule has 100 valence electrons. The highest BCUT2D eigenvalue weighted by atomic mass is 35.5. The molecule has 0 fully saturated rings. The minimum Gasteiger partial charge on any atom is -0.478 e. The van der Waals surface area contributed by atoms with Crippen LogP contribution in [0, 0.1) is 0 Å². The second-order valence-corrected chi connectivity index (χ2v) is 5.06. The van der Waals surface area contributed by atoms with Crippen LogP contribution in [-0.2, 0) is 4.79 Å². The third-order valence-electron chi connectivity index (χ3n) is 3.17. The highest BCUT2D eigenvalue weighted by molar-refractivity contribution is 6.30. The fraction of sp³-hybridized carbons (Fsp3) is 0.267. The number of carbonyl (C=O) groups is 1. The Balaban J connectivity index is 2.31. The molecule has 1 aromatic rings. The van der Waals surface area contributed by atoms with Gasteiger partial charge in [0.25, 0.3) is 0 Å².